The van der Waals surface area contributed by atoms with Gasteiger partial charge in [-0.05, 0) is 6.92 Å². The van der Waals surface area contributed by atoms with Gasteiger partial charge in [-0.3, -0.25) is 13.9 Å². The van der Waals surface area contributed by atoms with Gasteiger partial charge in [-0.15, -0.1) is 0 Å². The highest BCUT2D eigenvalue weighted by molar-refractivity contribution is 5.14. The van der Waals surface area contributed by atoms with Crippen molar-refractivity contribution in [3.63, 3.8) is 0 Å². The topological polar surface area (TPSA) is 67.8 Å². The van der Waals surface area contributed by atoms with E-state index in [1.807, 2.05) is 6.07 Å². The first-order valence-corrected chi connectivity index (χ1v) is 4.15. The SMILES string of the molecule is CC(C#N)c1cc(=O)n(C)c(=O)n1C. The van der Waals surface area contributed by atoms with Crippen molar-refractivity contribution in [2.75, 3.05) is 0 Å². The fraction of sp³-hybridized carbons (Fsp3) is 0.444. The van der Waals surface area contributed by atoms with Crippen LogP contribution in [0.15, 0.2) is 15.7 Å². The Morgan fingerprint density at radius 2 is 1.93 bits per heavy atom. The average molecular weight is 193 g/mol. The first-order valence-electron chi connectivity index (χ1n) is 4.15. The van der Waals surface area contributed by atoms with E-state index in [0.29, 0.717) is 5.69 Å². The third-order valence-electron chi connectivity index (χ3n) is 2.20. The second kappa shape index (κ2) is 3.50. The molecule has 0 aliphatic heterocycles. The summed E-state index contributed by atoms with van der Waals surface area (Å²) in [5.74, 6) is -0.457. The van der Waals surface area contributed by atoms with Gasteiger partial charge < -0.3 is 0 Å². The minimum atomic E-state index is -0.457. The van der Waals surface area contributed by atoms with Crippen molar-refractivity contribution in [2.45, 2.75) is 12.8 Å². The van der Waals surface area contributed by atoms with Crippen LogP contribution in [0.1, 0.15) is 18.5 Å². The van der Waals surface area contributed by atoms with Gasteiger partial charge in [-0.25, -0.2) is 4.79 Å². The van der Waals surface area contributed by atoms with Gasteiger partial charge in [0.1, 0.15) is 0 Å². The van der Waals surface area contributed by atoms with Crippen LogP contribution in [0.2, 0.25) is 0 Å². The minimum Gasteiger partial charge on any atom is -0.299 e. The lowest BCUT2D eigenvalue weighted by Crippen LogP contribution is -2.38. The maximum Gasteiger partial charge on any atom is 0.330 e. The summed E-state index contributed by atoms with van der Waals surface area (Å²) in [5, 5.41) is 8.69. The van der Waals surface area contributed by atoms with Gasteiger partial charge in [0, 0.05) is 25.9 Å². The fourth-order valence-electron chi connectivity index (χ4n) is 1.23. The zero-order valence-corrected chi connectivity index (χ0v) is 8.31. The van der Waals surface area contributed by atoms with Crippen molar-refractivity contribution < 1.29 is 0 Å². The molecule has 1 aromatic heterocycles. The van der Waals surface area contributed by atoms with Gasteiger partial charge in [0.25, 0.3) is 5.56 Å². The van der Waals surface area contributed by atoms with Crippen LogP contribution in [0.5, 0.6) is 0 Å². The van der Waals surface area contributed by atoms with Crippen molar-refractivity contribution in [1.82, 2.24) is 9.13 Å². The normalized spacial score (nSPS) is 12.1. The van der Waals surface area contributed by atoms with Crippen molar-refractivity contribution in [3.8, 4) is 6.07 Å². The predicted octanol–water partition coefficient (Wildman–Crippen LogP) is -0.289. The number of aromatic nitrogens is 2. The van der Waals surface area contributed by atoms with Gasteiger partial charge in [0.15, 0.2) is 0 Å². The monoisotopic (exact) mass is 193 g/mol. The smallest absolute Gasteiger partial charge is 0.299 e. The Morgan fingerprint density at radius 3 is 2.43 bits per heavy atom. The van der Waals surface area contributed by atoms with Gasteiger partial charge in [-0.2, -0.15) is 5.26 Å². The van der Waals surface area contributed by atoms with Gasteiger partial charge in [-0.1, -0.05) is 0 Å². The number of nitriles is 1. The van der Waals surface area contributed by atoms with E-state index in [4.69, 9.17) is 5.26 Å². The summed E-state index contributed by atoms with van der Waals surface area (Å²) in [6, 6.07) is 3.30. The molecule has 0 aromatic carbocycles. The van der Waals surface area contributed by atoms with Crippen molar-refractivity contribution in [1.29, 1.82) is 5.26 Å². The molecule has 0 saturated heterocycles. The molecule has 0 spiro atoms. The highest BCUT2D eigenvalue weighted by atomic mass is 16.2. The Morgan fingerprint density at radius 1 is 1.36 bits per heavy atom. The van der Waals surface area contributed by atoms with E-state index >= 15 is 0 Å². The number of nitrogens with zero attached hydrogens (tertiary/aromatic N) is 3. The van der Waals surface area contributed by atoms with Crippen LogP contribution < -0.4 is 11.2 Å². The van der Waals surface area contributed by atoms with Crippen LogP contribution in [0.3, 0.4) is 0 Å². The molecule has 1 aromatic rings. The predicted molar refractivity (Wildman–Crippen MR) is 51.0 cm³/mol. The Labute approximate surface area is 80.8 Å². The molecule has 5 heteroatoms. The molecule has 1 unspecified atom stereocenters. The molecule has 1 rings (SSSR count). The van der Waals surface area contributed by atoms with Crippen molar-refractivity contribution >= 4 is 0 Å². The van der Waals surface area contributed by atoms with Gasteiger partial charge in [0.05, 0.1) is 12.0 Å². The van der Waals surface area contributed by atoms with Crippen LogP contribution in [-0.2, 0) is 14.1 Å². The van der Waals surface area contributed by atoms with Crippen LogP contribution in [-0.4, -0.2) is 9.13 Å². The second-order valence-electron chi connectivity index (χ2n) is 3.16. The highest BCUT2D eigenvalue weighted by Crippen LogP contribution is 2.08. The molecular formula is C9H11N3O2. The molecule has 0 aliphatic rings. The standard InChI is InChI=1S/C9H11N3O2/c1-6(5-10)7-4-8(13)12(3)9(14)11(7)2/h4,6H,1-3H3. The van der Waals surface area contributed by atoms with Crippen LogP contribution in [0, 0.1) is 11.3 Å². The summed E-state index contributed by atoms with van der Waals surface area (Å²) in [7, 11) is 2.95. The van der Waals surface area contributed by atoms with E-state index < -0.39 is 11.6 Å². The molecule has 0 bridgehead atoms. The first-order chi connectivity index (χ1) is 6.49. The summed E-state index contributed by atoms with van der Waals surface area (Å²) >= 11 is 0. The lowest BCUT2D eigenvalue weighted by atomic mass is 10.1. The van der Waals surface area contributed by atoms with Crippen LogP contribution in [0.4, 0.5) is 0 Å². The molecular weight excluding hydrogens is 182 g/mol. The Bertz CT molecular complexity index is 504. The Balaban J connectivity index is 3.59. The minimum absolute atomic E-state index is 0.384. The molecule has 5 nitrogen and oxygen atoms in total. The Kier molecular flexibility index (Phi) is 2.56. The number of rotatable bonds is 1. The maximum absolute atomic E-state index is 11.4. The van der Waals surface area contributed by atoms with Crippen molar-refractivity contribution in [3.05, 3.63) is 32.6 Å². The molecule has 0 fully saturated rings. The maximum atomic E-state index is 11.4. The molecule has 0 radical (unpaired) electrons. The lowest BCUT2D eigenvalue weighted by molar-refractivity contribution is 0.641. The molecule has 0 saturated carbocycles. The van der Waals surface area contributed by atoms with Gasteiger partial charge in [0.2, 0.25) is 0 Å². The zero-order valence-electron chi connectivity index (χ0n) is 8.31. The summed E-state index contributed by atoms with van der Waals surface area (Å²) < 4.78 is 2.32. The summed E-state index contributed by atoms with van der Waals surface area (Å²) in [6.45, 7) is 1.65. The first kappa shape index (κ1) is 10.3. The number of hydrogen-bond acceptors (Lipinski definition) is 3. The third kappa shape index (κ3) is 1.46. The molecule has 1 heterocycles. The fourth-order valence-corrected chi connectivity index (χ4v) is 1.23. The molecule has 0 amide bonds. The van der Waals surface area contributed by atoms with E-state index in [9.17, 15) is 9.59 Å². The average Bonchev–Trinajstić information content (AvgIpc) is 2.19. The molecule has 74 valence electrons. The lowest BCUT2D eigenvalue weighted by Gasteiger charge is -2.09. The van der Waals surface area contributed by atoms with E-state index in [2.05, 4.69) is 0 Å². The second-order valence-corrected chi connectivity index (χ2v) is 3.16. The molecule has 0 aliphatic carbocycles. The van der Waals surface area contributed by atoms with E-state index in [0.717, 1.165) is 4.57 Å². The highest BCUT2D eigenvalue weighted by Gasteiger charge is 2.11. The molecule has 0 N–H and O–H groups in total. The third-order valence-corrected chi connectivity index (χ3v) is 2.20. The van der Waals surface area contributed by atoms with Crippen LogP contribution in [0.25, 0.3) is 0 Å². The van der Waals surface area contributed by atoms with E-state index in [1.165, 1.54) is 17.7 Å². The van der Waals surface area contributed by atoms with E-state index in [1.54, 1.807) is 14.0 Å². The molecule has 1 atom stereocenters. The summed E-state index contributed by atoms with van der Waals surface area (Å²) in [5.41, 5.74) is -0.347. The molecule has 14 heavy (non-hydrogen) atoms. The van der Waals surface area contributed by atoms with Crippen LogP contribution >= 0.6 is 0 Å². The zero-order chi connectivity index (χ0) is 10.9. The van der Waals surface area contributed by atoms with Crippen molar-refractivity contribution in [2.24, 2.45) is 14.1 Å². The Hall–Kier alpha value is -1.83. The summed E-state index contributed by atoms with van der Waals surface area (Å²) in [4.78, 5) is 22.7. The van der Waals surface area contributed by atoms with Gasteiger partial charge >= 0.3 is 5.69 Å². The summed E-state index contributed by atoms with van der Waals surface area (Å²) in [6.07, 6.45) is 0. The van der Waals surface area contributed by atoms with E-state index in [-0.39, 0.29) is 5.56 Å². The number of hydrogen-bond donors (Lipinski definition) is 0. The largest absolute Gasteiger partial charge is 0.330 e. The quantitative estimate of drug-likeness (QED) is 0.615.